The van der Waals surface area contributed by atoms with Gasteiger partial charge in [0.1, 0.15) is 17.9 Å². The van der Waals surface area contributed by atoms with Gasteiger partial charge >= 0.3 is 5.97 Å². The first-order valence-electron chi connectivity index (χ1n) is 6.48. The Hall–Kier alpha value is -2.80. The lowest BCUT2D eigenvalue weighted by molar-refractivity contribution is -0.116. The van der Waals surface area contributed by atoms with Gasteiger partial charge in [0.25, 0.3) is 5.56 Å². The Bertz CT molecular complexity index is 816. The van der Waals surface area contributed by atoms with Crippen molar-refractivity contribution in [3.05, 3.63) is 57.5 Å². The molecule has 0 fully saturated rings. The molecule has 1 aromatic heterocycles. The number of methoxy groups -OCH3 is 1. The van der Waals surface area contributed by atoms with Gasteiger partial charge in [-0.3, -0.25) is 9.59 Å². The van der Waals surface area contributed by atoms with E-state index in [-0.39, 0.29) is 6.54 Å². The average molecular weight is 337 g/mol. The SMILES string of the molecule is COc1ccc(Cl)cc1NC(=O)Cn1cccc(C(=O)O)c1=O. The Morgan fingerprint density at radius 3 is 2.74 bits per heavy atom. The number of carboxylic acids is 1. The molecule has 0 spiro atoms. The third-order valence-electron chi connectivity index (χ3n) is 3.00. The Kier molecular flexibility index (Phi) is 5.02. The molecule has 0 aliphatic heterocycles. The van der Waals surface area contributed by atoms with Crippen LogP contribution in [0.2, 0.25) is 5.02 Å². The molecule has 0 saturated carbocycles. The molecule has 1 heterocycles. The van der Waals surface area contributed by atoms with E-state index in [1.165, 1.54) is 31.5 Å². The molecule has 0 aliphatic carbocycles. The number of anilines is 1. The van der Waals surface area contributed by atoms with Crippen molar-refractivity contribution in [2.24, 2.45) is 0 Å². The number of hydrogen-bond acceptors (Lipinski definition) is 4. The standard InChI is InChI=1S/C15H13ClN2O5/c1-23-12-5-4-9(16)7-11(12)17-13(19)8-18-6-2-3-10(14(18)20)15(21)22/h2-7H,8H2,1H3,(H,17,19)(H,21,22). The van der Waals surface area contributed by atoms with Crippen LogP contribution in [0.15, 0.2) is 41.3 Å². The molecule has 1 amide bonds. The smallest absolute Gasteiger partial charge is 0.341 e. The lowest BCUT2D eigenvalue weighted by Gasteiger charge is -2.11. The van der Waals surface area contributed by atoms with Gasteiger partial charge in [-0.2, -0.15) is 0 Å². The van der Waals surface area contributed by atoms with E-state index < -0.39 is 23.0 Å². The van der Waals surface area contributed by atoms with Crippen LogP contribution >= 0.6 is 11.6 Å². The molecule has 0 saturated heterocycles. The van der Waals surface area contributed by atoms with E-state index in [1.807, 2.05) is 0 Å². The monoisotopic (exact) mass is 336 g/mol. The van der Waals surface area contributed by atoms with E-state index in [0.29, 0.717) is 16.5 Å². The molecule has 0 unspecified atom stereocenters. The number of carboxylic acid groups (broad SMARTS) is 1. The molecule has 23 heavy (non-hydrogen) atoms. The Morgan fingerprint density at radius 2 is 2.09 bits per heavy atom. The zero-order chi connectivity index (χ0) is 17.0. The molecule has 1 aromatic carbocycles. The lowest BCUT2D eigenvalue weighted by atomic mass is 10.2. The summed E-state index contributed by atoms with van der Waals surface area (Å²) in [5.41, 5.74) is -0.804. The van der Waals surface area contributed by atoms with Crippen LogP contribution in [0.4, 0.5) is 5.69 Å². The first kappa shape index (κ1) is 16.6. The van der Waals surface area contributed by atoms with E-state index >= 15 is 0 Å². The molecule has 0 radical (unpaired) electrons. The van der Waals surface area contributed by atoms with Crippen molar-refractivity contribution in [1.29, 1.82) is 0 Å². The zero-order valence-corrected chi connectivity index (χ0v) is 12.8. The maximum atomic E-state index is 12.1. The number of rotatable bonds is 5. The second-order valence-electron chi connectivity index (χ2n) is 4.55. The van der Waals surface area contributed by atoms with Gasteiger partial charge in [-0.15, -0.1) is 0 Å². The fraction of sp³-hybridized carbons (Fsp3) is 0.133. The van der Waals surface area contributed by atoms with E-state index in [9.17, 15) is 14.4 Å². The molecule has 0 atom stereocenters. The number of benzene rings is 1. The highest BCUT2D eigenvalue weighted by molar-refractivity contribution is 6.31. The summed E-state index contributed by atoms with van der Waals surface area (Å²) in [6.45, 7) is -0.338. The maximum Gasteiger partial charge on any atom is 0.341 e. The second kappa shape index (κ2) is 6.97. The van der Waals surface area contributed by atoms with Crippen LogP contribution in [0.3, 0.4) is 0 Å². The van der Waals surface area contributed by atoms with Crippen LogP contribution in [-0.4, -0.2) is 28.7 Å². The summed E-state index contributed by atoms with van der Waals surface area (Å²) in [6, 6.07) is 7.28. The van der Waals surface area contributed by atoms with Crippen LogP contribution < -0.4 is 15.6 Å². The number of aromatic carboxylic acids is 1. The fourth-order valence-corrected chi connectivity index (χ4v) is 2.12. The Balaban J connectivity index is 2.21. The van der Waals surface area contributed by atoms with Gasteiger partial charge in [-0.1, -0.05) is 11.6 Å². The first-order valence-corrected chi connectivity index (χ1v) is 6.86. The second-order valence-corrected chi connectivity index (χ2v) is 4.99. The summed E-state index contributed by atoms with van der Waals surface area (Å²) >= 11 is 5.87. The summed E-state index contributed by atoms with van der Waals surface area (Å²) in [6.07, 6.45) is 1.34. The minimum atomic E-state index is -1.35. The summed E-state index contributed by atoms with van der Waals surface area (Å²) in [4.78, 5) is 34.9. The van der Waals surface area contributed by atoms with Gasteiger partial charge in [0.15, 0.2) is 0 Å². The predicted molar refractivity (Wildman–Crippen MR) is 84.3 cm³/mol. The van der Waals surface area contributed by atoms with Crippen LogP contribution in [0.25, 0.3) is 0 Å². The number of pyridine rings is 1. The Morgan fingerprint density at radius 1 is 1.35 bits per heavy atom. The first-order chi connectivity index (χ1) is 10.9. The molecule has 120 valence electrons. The van der Waals surface area contributed by atoms with Crippen LogP contribution in [0.5, 0.6) is 5.75 Å². The van der Waals surface area contributed by atoms with Crippen LogP contribution in [-0.2, 0) is 11.3 Å². The highest BCUT2D eigenvalue weighted by Crippen LogP contribution is 2.27. The van der Waals surface area contributed by atoms with Crippen LogP contribution in [0.1, 0.15) is 10.4 Å². The van der Waals surface area contributed by atoms with Crippen molar-refractivity contribution in [2.75, 3.05) is 12.4 Å². The number of hydrogen-bond donors (Lipinski definition) is 2. The third-order valence-corrected chi connectivity index (χ3v) is 3.24. The van der Waals surface area contributed by atoms with Crippen molar-refractivity contribution < 1.29 is 19.4 Å². The molecule has 7 nitrogen and oxygen atoms in total. The van der Waals surface area contributed by atoms with Crippen molar-refractivity contribution in [3.63, 3.8) is 0 Å². The number of carbonyl (C=O) groups excluding carboxylic acids is 1. The third kappa shape index (κ3) is 3.89. The number of carbonyl (C=O) groups is 2. The van der Waals surface area contributed by atoms with Crippen molar-refractivity contribution in [1.82, 2.24) is 4.57 Å². The molecule has 0 bridgehead atoms. The number of ether oxygens (including phenoxy) is 1. The highest BCUT2D eigenvalue weighted by atomic mass is 35.5. The van der Waals surface area contributed by atoms with Gasteiger partial charge in [0.05, 0.1) is 12.8 Å². The molecule has 0 aliphatic rings. The number of nitrogens with zero attached hydrogens (tertiary/aromatic N) is 1. The average Bonchev–Trinajstić information content (AvgIpc) is 2.49. The fourth-order valence-electron chi connectivity index (χ4n) is 1.95. The van der Waals surface area contributed by atoms with Crippen molar-refractivity contribution in [3.8, 4) is 5.75 Å². The van der Waals surface area contributed by atoms with Gasteiger partial charge < -0.3 is 19.7 Å². The van der Waals surface area contributed by atoms with Crippen molar-refractivity contribution in [2.45, 2.75) is 6.54 Å². The molecular weight excluding hydrogens is 324 g/mol. The molecule has 8 heteroatoms. The number of aromatic nitrogens is 1. The number of nitrogens with one attached hydrogen (secondary N) is 1. The minimum Gasteiger partial charge on any atom is -0.495 e. The van der Waals surface area contributed by atoms with E-state index in [4.69, 9.17) is 21.4 Å². The zero-order valence-electron chi connectivity index (χ0n) is 12.1. The van der Waals surface area contributed by atoms with E-state index in [0.717, 1.165) is 4.57 Å². The lowest BCUT2D eigenvalue weighted by Crippen LogP contribution is -2.30. The van der Waals surface area contributed by atoms with E-state index in [2.05, 4.69) is 5.32 Å². The molecular formula is C15H13ClN2O5. The molecule has 2 rings (SSSR count). The Labute approximate surface area is 136 Å². The summed E-state index contributed by atoms with van der Waals surface area (Å²) in [5, 5.41) is 11.9. The predicted octanol–water partition coefficient (Wildman–Crippen LogP) is 1.85. The highest BCUT2D eigenvalue weighted by Gasteiger charge is 2.13. The summed E-state index contributed by atoms with van der Waals surface area (Å²) in [5.74, 6) is -1.45. The maximum absolute atomic E-state index is 12.1. The topological polar surface area (TPSA) is 97.6 Å². The van der Waals surface area contributed by atoms with Crippen molar-refractivity contribution >= 4 is 29.2 Å². The van der Waals surface area contributed by atoms with Crippen LogP contribution in [0, 0.1) is 0 Å². The van der Waals surface area contributed by atoms with Gasteiger partial charge in [0, 0.05) is 11.2 Å². The minimum absolute atomic E-state index is 0.338. The quantitative estimate of drug-likeness (QED) is 0.868. The number of amides is 1. The van der Waals surface area contributed by atoms with E-state index in [1.54, 1.807) is 12.1 Å². The normalized spacial score (nSPS) is 10.2. The van der Waals surface area contributed by atoms with Gasteiger partial charge in [-0.05, 0) is 30.3 Å². The van der Waals surface area contributed by atoms with Gasteiger partial charge in [0.2, 0.25) is 5.91 Å². The summed E-state index contributed by atoms with van der Waals surface area (Å²) < 4.78 is 6.12. The molecule has 2 N–H and O–H groups in total. The largest absolute Gasteiger partial charge is 0.495 e. The molecule has 2 aromatic rings. The number of halogens is 1. The van der Waals surface area contributed by atoms with Gasteiger partial charge in [-0.25, -0.2) is 4.79 Å². The summed E-state index contributed by atoms with van der Waals surface area (Å²) in [7, 11) is 1.44.